The van der Waals surface area contributed by atoms with Crippen LogP contribution >= 0.6 is 11.3 Å². The quantitative estimate of drug-likeness (QED) is 0.731. The Hall–Kier alpha value is -2.14. The molecule has 0 unspecified atom stereocenters. The monoisotopic (exact) mass is 287 g/mol. The van der Waals surface area contributed by atoms with Gasteiger partial charge in [0, 0.05) is 29.8 Å². The Morgan fingerprint density at radius 2 is 1.75 bits per heavy atom. The summed E-state index contributed by atoms with van der Waals surface area (Å²) in [7, 11) is 0. The van der Waals surface area contributed by atoms with Gasteiger partial charge in [-0.15, -0.1) is 11.3 Å². The molecule has 0 atom stereocenters. The molecule has 2 aromatic heterocycles. The minimum Gasteiger partial charge on any atom is -0.244 e. The molecule has 0 aliphatic heterocycles. The number of benzene rings is 1. The largest absolute Gasteiger partial charge is 0.244 e. The Labute approximate surface area is 121 Å². The van der Waals surface area contributed by atoms with E-state index in [1.807, 2.05) is 5.38 Å². The van der Waals surface area contributed by atoms with Gasteiger partial charge in [0.15, 0.2) is 0 Å². The summed E-state index contributed by atoms with van der Waals surface area (Å²) < 4.78 is 12.8. The van der Waals surface area contributed by atoms with Gasteiger partial charge in [-0.05, 0) is 17.7 Å². The fourth-order valence-corrected chi connectivity index (χ4v) is 2.57. The summed E-state index contributed by atoms with van der Waals surface area (Å²) in [6, 6.07) is 6.49. The highest BCUT2D eigenvalue weighted by Crippen LogP contribution is 2.22. The van der Waals surface area contributed by atoms with E-state index in [0.29, 0.717) is 6.42 Å². The highest BCUT2D eigenvalue weighted by Gasteiger charge is 2.06. The maximum Gasteiger partial charge on any atom is 0.123 e. The van der Waals surface area contributed by atoms with Gasteiger partial charge in [-0.1, -0.05) is 19.6 Å². The lowest BCUT2D eigenvalue weighted by atomic mass is 10.1. The molecule has 3 aromatic rings. The van der Waals surface area contributed by atoms with Crippen LogP contribution in [0.25, 0.3) is 11.3 Å². The van der Waals surface area contributed by atoms with Crippen molar-refractivity contribution in [2.24, 2.45) is 0 Å². The van der Waals surface area contributed by atoms with Crippen LogP contribution in [0.3, 0.4) is 0 Å². The third-order valence-corrected chi connectivity index (χ3v) is 3.53. The molecule has 1 aromatic carbocycles. The molecule has 0 fully saturated rings. The summed E-state index contributed by atoms with van der Waals surface area (Å²) >= 11 is 1.58. The van der Waals surface area contributed by atoms with Crippen molar-refractivity contribution >= 4 is 11.3 Å². The van der Waals surface area contributed by atoms with Gasteiger partial charge in [-0.25, -0.2) is 19.3 Å². The zero-order chi connectivity index (χ0) is 13.1. The zero-order valence-electron chi connectivity index (χ0n) is 9.95. The molecule has 3 nitrogen and oxygen atoms in total. The van der Waals surface area contributed by atoms with Crippen molar-refractivity contribution in [3.8, 4) is 11.3 Å². The smallest absolute Gasteiger partial charge is 0.123 e. The maximum atomic E-state index is 12.8. The standard InChI is InChI=1S/C14H10FN3S.CH4/c15-12-3-1-10(2-4-12)5-14-18-13(8-19-14)11-6-16-9-17-7-11;/h1-4,6-9H,5H2;1H4. The van der Waals surface area contributed by atoms with E-state index < -0.39 is 0 Å². The molecular formula is C15H14FN3S. The van der Waals surface area contributed by atoms with Crippen LogP contribution < -0.4 is 0 Å². The van der Waals surface area contributed by atoms with Crippen LogP contribution in [0.2, 0.25) is 0 Å². The van der Waals surface area contributed by atoms with Crippen LogP contribution in [0.4, 0.5) is 4.39 Å². The predicted octanol–water partition coefficient (Wildman–Crippen LogP) is 3.97. The SMILES string of the molecule is C.Fc1ccc(Cc2nc(-c3cncnc3)cs2)cc1. The second-order valence-corrected chi connectivity index (χ2v) is 5.00. The van der Waals surface area contributed by atoms with Crippen LogP contribution in [0.1, 0.15) is 18.0 Å². The van der Waals surface area contributed by atoms with Gasteiger partial charge in [0.2, 0.25) is 0 Å². The number of thiazole rings is 1. The molecule has 0 saturated carbocycles. The van der Waals surface area contributed by atoms with Gasteiger partial charge in [0.05, 0.1) is 10.7 Å². The lowest BCUT2D eigenvalue weighted by molar-refractivity contribution is 0.627. The van der Waals surface area contributed by atoms with Crippen LogP contribution in [0, 0.1) is 5.82 Å². The third kappa shape index (κ3) is 3.24. The minimum atomic E-state index is -0.218. The maximum absolute atomic E-state index is 12.8. The van der Waals surface area contributed by atoms with Crippen molar-refractivity contribution < 1.29 is 4.39 Å². The third-order valence-electron chi connectivity index (χ3n) is 2.68. The second kappa shape index (κ2) is 6.34. The number of hydrogen-bond donors (Lipinski definition) is 0. The first-order valence-corrected chi connectivity index (χ1v) is 6.63. The van der Waals surface area contributed by atoms with Gasteiger partial charge in [0.25, 0.3) is 0 Å². The molecule has 0 amide bonds. The van der Waals surface area contributed by atoms with Gasteiger partial charge in [0.1, 0.15) is 12.1 Å². The molecule has 20 heavy (non-hydrogen) atoms. The topological polar surface area (TPSA) is 38.7 Å². The fourth-order valence-electron chi connectivity index (χ4n) is 1.73. The van der Waals surface area contributed by atoms with E-state index in [4.69, 9.17) is 0 Å². The lowest BCUT2D eigenvalue weighted by Gasteiger charge is -1.97. The highest BCUT2D eigenvalue weighted by atomic mass is 32.1. The normalized spacial score (nSPS) is 10.1. The van der Waals surface area contributed by atoms with E-state index >= 15 is 0 Å². The van der Waals surface area contributed by atoms with Crippen LogP contribution in [0.5, 0.6) is 0 Å². The number of aromatic nitrogens is 3. The molecule has 102 valence electrons. The summed E-state index contributed by atoms with van der Waals surface area (Å²) in [5.41, 5.74) is 2.83. The molecule has 0 aliphatic carbocycles. The van der Waals surface area contributed by atoms with E-state index in [1.54, 1.807) is 35.9 Å². The van der Waals surface area contributed by atoms with Crippen LogP contribution in [0.15, 0.2) is 48.4 Å². The van der Waals surface area contributed by atoms with E-state index in [-0.39, 0.29) is 13.2 Å². The molecule has 3 rings (SSSR count). The highest BCUT2D eigenvalue weighted by molar-refractivity contribution is 7.10. The van der Waals surface area contributed by atoms with Gasteiger partial charge in [-0.3, -0.25) is 0 Å². The van der Waals surface area contributed by atoms with Crippen molar-refractivity contribution in [2.75, 3.05) is 0 Å². The van der Waals surface area contributed by atoms with Gasteiger partial charge >= 0.3 is 0 Å². The van der Waals surface area contributed by atoms with Gasteiger partial charge < -0.3 is 0 Å². The van der Waals surface area contributed by atoms with E-state index in [9.17, 15) is 4.39 Å². The molecule has 0 saturated heterocycles. The Morgan fingerprint density at radius 1 is 1.05 bits per heavy atom. The second-order valence-electron chi connectivity index (χ2n) is 4.06. The van der Waals surface area contributed by atoms with Crippen molar-refractivity contribution in [2.45, 2.75) is 13.8 Å². The molecule has 0 spiro atoms. The van der Waals surface area contributed by atoms with Crippen molar-refractivity contribution in [1.82, 2.24) is 15.0 Å². The van der Waals surface area contributed by atoms with E-state index in [1.165, 1.54) is 18.5 Å². The first-order valence-electron chi connectivity index (χ1n) is 5.75. The Morgan fingerprint density at radius 3 is 2.45 bits per heavy atom. The predicted molar refractivity (Wildman–Crippen MR) is 79.1 cm³/mol. The zero-order valence-corrected chi connectivity index (χ0v) is 10.8. The van der Waals surface area contributed by atoms with E-state index in [0.717, 1.165) is 21.8 Å². The summed E-state index contributed by atoms with van der Waals surface area (Å²) in [5, 5.41) is 2.97. The van der Waals surface area contributed by atoms with Crippen molar-refractivity contribution in [1.29, 1.82) is 0 Å². The summed E-state index contributed by atoms with van der Waals surface area (Å²) in [4.78, 5) is 12.5. The lowest BCUT2D eigenvalue weighted by Crippen LogP contribution is -1.88. The molecule has 2 heterocycles. The van der Waals surface area contributed by atoms with Crippen molar-refractivity contribution in [3.05, 3.63) is 64.8 Å². The minimum absolute atomic E-state index is 0. The summed E-state index contributed by atoms with van der Waals surface area (Å²) in [5.74, 6) is -0.218. The molecule has 0 N–H and O–H groups in total. The molecule has 0 aliphatic rings. The average molecular weight is 287 g/mol. The Bertz CT molecular complexity index is 665. The Kier molecular flexibility index (Phi) is 4.53. The average Bonchev–Trinajstić information content (AvgIpc) is 2.91. The first-order chi connectivity index (χ1) is 9.31. The summed E-state index contributed by atoms with van der Waals surface area (Å²) in [6.45, 7) is 0. The van der Waals surface area contributed by atoms with Crippen LogP contribution in [-0.2, 0) is 6.42 Å². The number of nitrogens with zero attached hydrogens (tertiary/aromatic N) is 3. The number of rotatable bonds is 3. The molecule has 5 heteroatoms. The van der Waals surface area contributed by atoms with Crippen LogP contribution in [-0.4, -0.2) is 15.0 Å². The Balaban J connectivity index is 0.00000147. The first kappa shape index (κ1) is 14.3. The summed E-state index contributed by atoms with van der Waals surface area (Å²) in [6.07, 6.45) is 5.68. The molecular weight excluding hydrogens is 273 g/mol. The fraction of sp³-hybridized carbons (Fsp3) is 0.133. The van der Waals surface area contributed by atoms with Gasteiger partial charge in [-0.2, -0.15) is 0 Å². The number of hydrogen-bond acceptors (Lipinski definition) is 4. The van der Waals surface area contributed by atoms with Crippen molar-refractivity contribution in [3.63, 3.8) is 0 Å². The number of halogens is 1. The molecule has 0 bridgehead atoms. The van der Waals surface area contributed by atoms with E-state index in [2.05, 4.69) is 15.0 Å². The molecule has 0 radical (unpaired) electrons.